The Labute approximate surface area is 179 Å². The molecule has 4 aromatic rings. The third-order valence-electron chi connectivity index (χ3n) is 5.03. The first kappa shape index (κ1) is 19.1. The molecule has 9 nitrogen and oxygen atoms in total. The molecule has 1 aliphatic heterocycles. The predicted octanol–water partition coefficient (Wildman–Crippen LogP) is 3.69. The van der Waals surface area contributed by atoms with Crippen LogP contribution >= 0.6 is 0 Å². The van der Waals surface area contributed by atoms with E-state index in [0.717, 1.165) is 35.7 Å². The van der Waals surface area contributed by atoms with Gasteiger partial charge in [-0.15, -0.1) is 0 Å². The molecule has 1 fully saturated rings. The van der Waals surface area contributed by atoms with Gasteiger partial charge in [0.1, 0.15) is 11.3 Å². The Balaban J connectivity index is 1.53. The van der Waals surface area contributed by atoms with E-state index in [2.05, 4.69) is 36.6 Å². The molecule has 4 N–H and O–H groups in total. The molecule has 2 aromatic heterocycles. The van der Waals surface area contributed by atoms with Crippen molar-refractivity contribution in [3.63, 3.8) is 0 Å². The fraction of sp³-hybridized carbons (Fsp3) is 0.227. The largest absolute Gasteiger partial charge is 0.508 e. The van der Waals surface area contributed by atoms with E-state index in [1.165, 1.54) is 0 Å². The average molecular weight is 417 g/mol. The van der Waals surface area contributed by atoms with E-state index in [1.54, 1.807) is 18.2 Å². The summed E-state index contributed by atoms with van der Waals surface area (Å²) in [6, 6.07) is 14.9. The summed E-state index contributed by atoms with van der Waals surface area (Å²) in [6.45, 7) is 4.80. The molecule has 0 amide bonds. The molecule has 0 radical (unpaired) electrons. The normalized spacial score (nSPS) is 14.0. The van der Waals surface area contributed by atoms with Gasteiger partial charge >= 0.3 is 0 Å². The number of nitrogens with zero attached hydrogens (tertiary/aromatic N) is 4. The zero-order valence-electron chi connectivity index (χ0n) is 17.1. The van der Waals surface area contributed by atoms with Crippen molar-refractivity contribution in [2.24, 2.45) is 0 Å². The number of anilines is 5. The van der Waals surface area contributed by atoms with E-state index < -0.39 is 0 Å². The van der Waals surface area contributed by atoms with Crippen LogP contribution in [0.1, 0.15) is 5.56 Å². The highest BCUT2D eigenvalue weighted by atomic mass is 16.5. The molecule has 0 aliphatic carbocycles. The number of hydrogen-bond donors (Lipinski definition) is 4. The summed E-state index contributed by atoms with van der Waals surface area (Å²) >= 11 is 0. The van der Waals surface area contributed by atoms with Gasteiger partial charge in [0.05, 0.1) is 13.2 Å². The van der Waals surface area contributed by atoms with E-state index >= 15 is 0 Å². The van der Waals surface area contributed by atoms with E-state index in [1.807, 2.05) is 31.2 Å². The lowest BCUT2D eigenvalue weighted by molar-refractivity contribution is 0.122. The van der Waals surface area contributed by atoms with Gasteiger partial charge in [0.15, 0.2) is 11.5 Å². The first-order valence-electron chi connectivity index (χ1n) is 10.1. The molecule has 1 saturated heterocycles. The number of phenols is 1. The summed E-state index contributed by atoms with van der Waals surface area (Å²) in [7, 11) is 0. The van der Waals surface area contributed by atoms with Crippen LogP contribution in [0.3, 0.4) is 0 Å². The summed E-state index contributed by atoms with van der Waals surface area (Å²) in [6.07, 6.45) is 0. The summed E-state index contributed by atoms with van der Waals surface area (Å²) in [5.41, 5.74) is 4.11. The Kier molecular flexibility index (Phi) is 5.01. The van der Waals surface area contributed by atoms with E-state index in [0.29, 0.717) is 36.4 Å². The van der Waals surface area contributed by atoms with Crippen LogP contribution in [0.5, 0.6) is 5.75 Å². The second kappa shape index (κ2) is 8.11. The van der Waals surface area contributed by atoms with Crippen molar-refractivity contribution in [3.05, 3.63) is 54.1 Å². The minimum Gasteiger partial charge on any atom is -0.508 e. The number of fused-ring (bicyclic) bond motifs is 1. The van der Waals surface area contributed by atoms with Crippen LogP contribution in [0, 0.1) is 6.92 Å². The second-order valence-electron chi connectivity index (χ2n) is 7.42. The SMILES string of the molecule is Cc1cccc(Nc2nc3nc(Nc4cccc(O)c4)nc(N4CCOCC4)c3[nH]2)c1. The maximum Gasteiger partial charge on any atom is 0.231 e. The number of morpholine rings is 1. The Morgan fingerprint density at radius 2 is 1.74 bits per heavy atom. The smallest absolute Gasteiger partial charge is 0.231 e. The average Bonchev–Trinajstić information content (AvgIpc) is 3.16. The standard InChI is InChI=1S/C22H23N7O2/c1-14-4-2-5-15(12-14)23-21-25-18-19(26-21)27-22(24-16-6-3-7-17(30)13-16)28-20(18)29-8-10-31-11-9-29/h2-7,12-13,30H,8-11H2,1H3,(H3,23,24,25,26,27,28). The first-order chi connectivity index (χ1) is 15.1. The Morgan fingerprint density at radius 3 is 2.52 bits per heavy atom. The van der Waals surface area contributed by atoms with Crippen molar-refractivity contribution in [3.8, 4) is 5.75 Å². The molecule has 0 atom stereocenters. The van der Waals surface area contributed by atoms with E-state index in [-0.39, 0.29) is 5.75 Å². The molecule has 3 heterocycles. The number of phenolic OH excluding ortho intramolecular Hbond substituents is 1. The van der Waals surface area contributed by atoms with Crippen molar-refractivity contribution in [1.29, 1.82) is 0 Å². The molecule has 2 aromatic carbocycles. The number of H-pyrrole nitrogens is 1. The number of benzene rings is 2. The van der Waals surface area contributed by atoms with Crippen molar-refractivity contribution in [2.75, 3.05) is 41.8 Å². The van der Waals surface area contributed by atoms with Gasteiger partial charge in [0.25, 0.3) is 0 Å². The van der Waals surface area contributed by atoms with Gasteiger partial charge in [-0.05, 0) is 36.8 Å². The predicted molar refractivity (Wildman–Crippen MR) is 121 cm³/mol. The third-order valence-corrected chi connectivity index (χ3v) is 5.03. The fourth-order valence-electron chi connectivity index (χ4n) is 3.57. The molecule has 0 spiro atoms. The molecular weight excluding hydrogens is 394 g/mol. The maximum atomic E-state index is 9.76. The number of rotatable bonds is 5. The van der Waals surface area contributed by atoms with Gasteiger partial charge in [0.2, 0.25) is 11.9 Å². The van der Waals surface area contributed by atoms with Crippen LogP contribution in [0.4, 0.5) is 29.1 Å². The van der Waals surface area contributed by atoms with Crippen molar-refractivity contribution in [2.45, 2.75) is 6.92 Å². The number of hydrogen-bond acceptors (Lipinski definition) is 8. The molecule has 9 heteroatoms. The van der Waals surface area contributed by atoms with Crippen LogP contribution in [0.25, 0.3) is 11.2 Å². The number of ether oxygens (including phenoxy) is 1. The molecule has 5 rings (SSSR count). The van der Waals surface area contributed by atoms with Crippen LogP contribution in [0.15, 0.2) is 48.5 Å². The molecular formula is C22H23N7O2. The lowest BCUT2D eigenvalue weighted by Gasteiger charge is -2.28. The van der Waals surface area contributed by atoms with E-state index in [9.17, 15) is 5.11 Å². The maximum absolute atomic E-state index is 9.76. The van der Waals surface area contributed by atoms with E-state index in [4.69, 9.17) is 9.72 Å². The highest BCUT2D eigenvalue weighted by molar-refractivity contribution is 5.87. The lowest BCUT2D eigenvalue weighted by atomic mass is 10.2. The zero-order chi connectivity index (χ0) is 21.2. The zero-order valence-corrected chi connectivity index (χ0v) is 17.1. The molecule has 0 unspecified atom stereocenters. The van der Waals surface area contributed by atoms with Gasteiger partial charge in [0, 0.05) is 30.5 Å². The first-order valence-corrected chi connectivity index (χ1v) is 10.1. The minimum atomic E-state index is 0.170. The van der Waals surface area contributed by atoms with Crippen molar-refractivity contribution >= 4 is 40.3 Å². The van der Waals surface area contributed by atoms with Crippen LogP contribution in [0.2, 0.25) is 0 Å². The van der Waals surface area contributed by atoms with Crippen molar-refractivity contribution < 1.29 is 9.84 Å². The molecule has 31 heavy (non-hydrogen) atoms. The number of aromatic amines is 1. The lowest BCUT2D eigenvalue weighted by Crippen LogP contribution is -2.37. The minimum absolute atomic E-state index is 0.170. The van der Waals surface area contributed by atoms with Gasteiger partial charge in [-0.3, -0.25) is 0 Å². The second-order valence-corrected chi connectivity index (χ2v) is 7.42. The Bertz CT molecular complexity index is 1220. The van der Waals surface area contributed by atoms with Crippen LogP contribution < -0.4 is 15.5 Å². The highest BCUT2D eigenvalue weighted by Crippen LogP contribution is 2.28. The monoisotopic (exact) mass is 417 g/mol. The Hall–Kier alpha value is -3.85. The van der Waals surface area contributed by atoms with Crippen LogP contribution in [-0.2, 0) is 4.74 Å². The number of aromatic hydroxyl groups is 1. The highest BCUT2D eigenvalue weighted by Gasteiger charge is 2.20. The van der Waals surface area contributed by atoms with Gasteiger partial charge in [-0.25, -0.2) is 0 Å². The number of aryl methyl sites for hydroxylation is 1. The van der Waals surface area contributed by atoms with Gasteiger partial charge < -0.3 is 30.4 Å². The number of imidazole rings is 1. The molecule has 0 saturated carbocycles. The quantitative estimate of drug-likeness (QED) is 0.389. The molecule has 0 bridgehead atoms. The third kappa shape index (κ3) is 4.22. The Morgan fingerprint density at radius 1 is 0.968 bits per heavy atom. The van der Waals surface area contributed by atoms with Crippen LogP contribution in [-0.4, -0.2) is 51.3 Å². The fourth-order valence-corrected chi connectivity index (χ4v) is 3.57. The van der Waals surface area contributed by atoms with Gasteiger partial charge in [-0.1, -0.05) is 18.2 Å². The molecule has 1 aliphatic rings. The topological polar surface area (TPSA) is 111 Å². The summed E-state index contributed by atoms with van der Waals surface area (Å²) in [4.78, 5) is 19.5. The summed E-state index contributed by atoms with van der Waals surface area (Å²) in [5.74, 6) is 1.94. The molecule has 158 valence electrons. The number of nitrogens with one attached hydrogen (secondary N) is 3. The van der Waals surface area contributed by atoms with Gasteiger partial charge in [-0.2, -0.15) is 15.0 Å². The summed E-state index contributed by atoms with van der Waals surface area (Å²) < 4.78 is 5.50. The van der Waals surface area contributed by atoms with Crippen molar-refractivity contribution in [1.82, 2.24) is 19.9 Å². The number of aromatic nitrogens is 4. The summed E-state index contributed by atoms with van der Waals surface area (Å²) in [5, 5.41) is 16.2.